The van der Waals surface area contributed by atoms with E-state index in [1.807, 2.05) is 4.90 Å². The number of hydrogen-bond donors (Lipinski definition) is 0. The molecule has 4 atom stereocenters. The molecule has 4 fully saturated rings. The fourth-order valence-corrected chi connectivity index (χ4v) is 5.00. The highest BCUT2D eigenvalue weighted by atomic mass is 16.2. The van der Waals surface area contributed by atoms with Crippen LogP contribution >= 0.6 is 0 Å². The molecule has 114 valence electrons. The first kappa shape index (κ1) is 13.3. The molecule has 4 rings (SSSR count). The third-order valence-corrected chi connectivity index (χ3v) is 6.02. The molecule has 21 heavy (non-hydrogen) atoms. The van der Waals surface area contributed by atoms with Crippen LogP contribution in [0.15, 0.2) is 0 Å². The van der Waals surface area contributed by atoms with E-state index in [4.69, 9.17) is 0 Å². The topological polar surface area (TPSA) is 57.7 Å². The lowest BCUT2D eigenvalue weighted by Crippen LogP contribution is -2.45. The molecule has 2 heterocycles. The smallest absolute Gasteiger partial charge is 0.242 e. The molecule has 0 aromatic carbocycles. The molecule has 5 heteroatoms. The van der Waals surface area contributed by atoms with Crippen LogP contribution < -0.4 is 0 Å². The Labute approximate surface area is 124 Å². The number of piperidine rings is 1. The average Bonchev–Trinajstić information content (AvgIpc) is 3.18. The average molecular weight is 290 g/mol. The van der Waals surface area contributed by atoms with Crippen molar-refractivity contribution in [3.8, 4) is 0 Å². The lowest BCUT2D eigenvalue weighted by Gasteiger charge is -2.28. The number of fused-ring (bicyclic) bond motifs is 5. The zero-order valence-electron chi connectivity index (χ0n) is 12.3. The zero-order valence-corrected chi connectivity index (χ0v) is 12.3. The monoisotopic (exact) mass is 290 g/mol. The van der Waals surface area contributed by atoms with Crippen LogP contribution in [0.3, 0.4) is 0 Å². The van der Waals surface area contributed by atoms with E-state index >= 15 is 0 Å². The number of hydrogen-bond acceptors (Lipinski definition) is 3. The Balaban J connectivity index is 1.47. The molecular formula is C16H22N2O3. The van der Waals surface area contributed by atoms with E-state index in [1.165, 1.54) is 11.3 Å². The van der Waals surface area contributed by atoms with Crippen LogP contribution in [0.4, 0.5) is 0 Å². The van der Waals surface area contributed by atoms with E-state index in [0.717, 1.165) is 45.2 Å². The van der Waals surface area contributed by atoms with E-state index in [1.54, 1.807) is 0 Å². The van der Waals surface area contributed by atoms with Crippen molar-refractivity contribution in [2.75, 3.05) is 19.6 Å². The van der Waals surface area contributed by atoms with Gasteiger partial charge in [0.05, 0.1) is 11.8 Å². The summed E-state index contributed by atoms with van der Waals surface area (Å²) in [6, 6.07) is 0. The lowest BCUT2D eigenvalue weighted by atomic mass is 9.81. The van der Waals surface area contributed by atoms with Gasteiger partial charge in [-0.05, 0) is 50.4 Å². The van der Waals surface area contributed by atoms with Gasteiger partial charge in [0.1, 0.15) is 6.54 Å². The number of rotatable bonds is 2. The van der Waals surface area contributed by atoms with Gasteiger partial charge in [-0.15, -0.1) is 0 Å². The van der Waals surface area contributed by atoms with Crippen LogP contribution in [-0.2, 0) is 14.4 Å². The number of nitrogens with zero attached hydrogens (tertiary/aromatic N) is 2. The maximum absolute atomic E-state index is 12.5. The number of amides is 3. The Kier molecular flexibility index (Phi) is 3.05. The molecule has 4 aliphatic rings. The minimum absolute atomic E-state index is 0.0237. The summed E-state index contributed by atoms with van der Waals surface area (Å²) in [4.78, 5) is 40.5. The molecule has 0 aromatic heterocycles. The first-order chi connectivity index (χ1) is 10.2. The van der Waals surface area contributed by atoms with Crippen molar-refractivity contribution in [2.24, 2.45) is 23.7 Å². The highest BCUT2D eigenvalue weighted by Gasteiger charge is 2.61. The highest BCUT2D eigenvalue weighted by molar-refractivity contribution is 6.08. The van der Waals surface area contributed by atoms with Crippen molar-refractivity contribution in [2.45, 2.75) is 38.5 Å². The number of imide groups is 1. The molecule has 0 spiro atoms. The summed E-state index contributed by atoms with van der Waals surface area (Å²) < 4.78 is 0. The molecule has 2 aliphatic heterocycles. The predicted octanol–water partition coefficient (Wildman–Crippen LogP) is 1.03. The van der Waals surface area contributed by atoms with Crippen LogP contribution in [0.5, 0.6) is 0 Å². The number of carbonyl (C=O) groups is 3. The Morgan fingerprint density at radius 2 is 1.52 bits per heavy atom. The van der Waals surface area contributed by atoms with Gasteiger partial charge in [-0.25, -0.2) is 0 Å². The summed E-state index contributed by atoms with van der Waals surface area (Å²) in [5.41, 5.74) is 0. The van der Waals surface area contributed by atoms with Crippen molar-refractivity contribution in [1.82, 2.24) is 9.80 Å². The summed E-state index contributed by atoms with van der Waals surface area (Å²) in [6.45, 7) is 1.52. The maximum Gasteiger partial charge on any atom is 0.242 e. The lowest BCUT2D eigenvalue weighted by molar-refractivity contribution is -0.147. The fraction of sp³-hybridized carbons (Fsp3) is 0.812. The normalized spacial score (nSPS) is 38.3. The van der Waals surface area contributed by atoms with E-state index in [0.29, 0.717) is 11.8 Å². The van der Waals surface area contributed by atoms with Gasteiger partial charge in [-0.2, -0.15) is 0 Å². The molecule has 2 bridgehead atoms. The van der Waals surface area contributed by atoms with Gasteiger partial charge in [0.25, 0.3) is 0 Å². The van der Waals surface area contributed by atoms with E-state index in [9.17, 15) is 14.4 Å². The molecule has 0 unspecified atom stereocenters. The summed E-state index contributed by atoms with van der Waals surface area (Å²) in [7, 11) is 0. The van der Waals surface area contributed by atoms with Crippen LogP contribution in [0, 0.1) is 23.7 Å². The minimum Gasteiger partial charge on any atom is -0.341 e. The highest BCUT2D eigenvalue weighted by Crippen LogP contribution is 2.56. The number of carbonyl (C=O) groups excluding carboxylic acids is 3. The van der Waals surface area contributed by atoms with Crippen molar-refractivity contribution < 1.29 is 14.4 Å². The number of likely N-dealkylation sites (tertiary alicyclic amines) is 2. The van der Waals surface area contributed by atoms with Gasteiger partial charge in [0, 0.05) is 13.1 Å². The van der Waals surface area contributed by atoms with Crippen molar-refractivity contribution >= 4 is 17.7 Å². The second-order valence-corrected chi connectivity index (χ2v) is 7.09. The molecule has 0 aromatic rings. The molecule has 3 amide bonds. The Morgan fingerprint density at radius 3 is 2.10 bits per heavy atom. The second-order valence-electron chi connectivity index (χ2n) is 7.09. The van der Waals surface area contributed by atoms with Crippen molar-refractivity contribution in [1.29, 1.82) is 0 Å². The Morgan fingerprint density at radius 1 is 0.952 bits per heavy atom. The zero-order chi connectivity index (χ0) is 14.6. The Hall–Kier alpha value is -1.39. The quantitative estimate of drug-likeness (QED) is 0.714. The molecule has 2 saturated heterocycles. The molecular weight excluding hydrogens is 268 g/mol. The molecule has 0 N–H and O–H groups in total. The third kappa shape index (κ3) is 1.93. The molecule has 0 radical (unpaired) electrons. The minimum atomic E-state index is -0.106. The Bertz CT molecular complexity index is 470. The van der Waals surface area contributed by atoms with Gasteiger partial charge in [-0.3, -0.25) is 19.3 Å². The standard InChI is InChI=1S/C16H22N2O3/c19-12(17-6-2-1-3-7-17)9-18-15(20)13-10-4-5-11(8-10)14(13)16(18)21/h10-11,13-14H,1-9H2/t10-,11+,13-,14-/m0/s1. The van der Waals surface area contributed by atoms with Crippen LogP contribution in [0.1, 0.15) is 38.5 Å². The second kappa shape index (κ2) is 4.82. The van der Waals surface area contributed by atoms with E-state index in [2.05, 4.69) is 0 Å². The predicted molar refractivity (Wildman–Crippen MR) is 75.0 cm³/mol. The fourth-order valence-electron chi connectivity index (χ4n) is 5.00. The van der Waals surface area contributed by atoms with Gasteiger partial charge < -0.3 is 4.90 Å². The largest absolute Gasteiger partial charge is 0.341 e. The molecule has 2 saturated carbocycles. The van der Waals surface area contributed by atoms with Gasteiger partial charge in [-0.1, -0.05) is 0 Å². The van der Waals surface area contributed by atoms with Crippen molar-refractivity contribution in [3.05, 3.63) is 0 Å². The van der Waals surface area contributed by atoms with Gasteiger partial charge in [0.2, 0.25) is 17.7 Å². The van der Waals surface area contributed by atoms with Crippen LogP contribution in [0.2, 0.25) is 0 Å². The first-order valence-electron chi connectivity index (χ1n) is 8.30. The van der Waals surface area contributed by atoms with Gasteiger partial charge >= 0.3 is 0 Å². The molecule has 5 nitrogen and oxygen atoms in total. The van der Waals surface area contributed by atoms with Crippen LogP contribution in [-0.4, -0.2) is 47.2 Å². The van der Waals surface area contributed by atoms with Crippen LogP contribution in [0.25, 0.3) is 0 Å². The molecule has 2 aliphatic carbocycles. The first-order valence-corrected chi connectivity index (χ1v) is 8.30. The SMILES string of the molecule is O=C(CN1C(=O)[C@H]2[C@@H]3CC[C@@H](C3)[C@@H]2C1=O)N1CCCCC1. The summed E-state index contributed by atoms with van der Waals surface area (Å²) in [5, 5.41) is 0. The third-order valence-electron chi connectivity index (χ3n) is 6.02. The van der Waals surface area contributed by atoms with E-state index < -0.39 is 0 Å². The van der Waals surface area contributed by atoms with Gasteiger partial charge in [0.15, 0.2) is 0 Å². The van der Waals surface area contributed by atoms with Crippen molar-refractivity contribution in [3.63, 3.8) is 0 Å². The summed E-state index contributed by atoms with van der Waals surface area (Å²) in [5.74, 6) is 0.391. The maximum atomic E-state index is 12.5. The summed E-state index contributed by atoms with van der Waals surface area (Å²) >= 11 is 0. The summed E-state index contributed by atoms with van der Waals surface area (Å²) in [6.07, 6.45) is 6.43. The van der Waals surface area contributed by atoms with E-state index in [-0.39, 0.29) is 36.1 Å².